The lowest BCUT2D eigenvalue weighted by Crippen LogP contribution is -2.27. The van der Waals surface area contributed by atoms with Gasteiger partial charge >= 0.3 is 0 Å². The van der Waals surface area contributed by atoms with E-state index in [2.05, 4.69) is 20.5 Å². The lowest BCUT2D eigenvalue weighted by Gasteiger charge is -2.12. The smallest absolute Gasteiger partial charge is 0.249 e. The number of nitriles is 1. The zero-order valence-corrected chi connectivity index (χ0v) is 11.8. The summed E-state index contributed by atoms with van der Waals surface area (Å²) in [5, 5.41) is 19.4. The quantitative estimate of drug-likeness (QED) is 0.871. The number of nitrogens with one attached hydrogen (secondary N) is 1. The van der Waals surface area contributed by atoms with Crippen molar-refractivity contribution in [1.29, 1.82) is 5.26 Å². The third-order valence-electron chi connectivity index (χ3n) is 2.83. The van der Waals surface area contributed by atoms with E-state index < -0.39 is 5.92 Å². The highest BCUT2D eigenvalue weighted by Gasteiger charge is 2.22. The Bertz CT molecular complexity index is 492. The van der Waals surface area contributed by atoms with Gasteiger partial charge in [-0.15, -0.1) is 10.2 Å². The van der Waals surface area contributed by atoms with Gasteiger partial charge in [-0.3, -0.25) is 10.1 Å². The number of aromatic nitrogens is 3. The van der Waals surface area contributed by atoms with Gasteiger partial charge in [0.2, 0.25) is 11.9 Å². The summed E-state index contributed by atoms with van der Waals surface area (Å²) in [6, 6.07) is 1.98. The molecule has 0 aliphatic carbocycles. The van der Waals surface area contributed by atoms with E-state index in [1.807, 2.05) is 33.8 Å². The molecule has 1 heterocycles. The Morgan fingerprint density at radius 2 is 1.89 bits per heavy atom. The van der Waals surface area contributed by atoms with Gasteiger partial charge in [0.15, 0.2) is 0 Å². The molecule has 1 amide bonds. The molecule has 6 nitrogen and oxygen atoms in total. The number of amides is 1. The Labute approximate surface area is 113 Å². The number of hydrogen-bond acceptors (Lipinski definition) is 5. The topological polar surface area (TPSA) is 91.6 Å². The normalized spacial score (nSPS) is 12.0. The van der Waals surface area contributed by atoms with Gasteiger partial charge in [-0.25, -0.2) is 4.98 Å². The van der Waals surface area contributed by atoms with Gasteiger partial charge in [-0.1, -0.05) is 27.7 Å². The minimum absolute atomic E-state index is 0.0569. The standard InChI is InChI=1S/C13H19N5O/c1-5-10-11(6-2)17-18-13(15-10)16-12(19)9(7-14)8(3)4/h8-9H,5-6H2,1-4H3,(H,15,16,18,19). The second-order valence-electron chi connectivity index (χ2n) is 4.58. The van der Waals surface area contributed by atoms with Crippen LogP contribution in [-0.2, 0) is 17.6 Å². The van der Waals surface area contributed by atoms with Crippen molar-refractivity contribution < 1.29 is 4.79 Å². The maximum absolute atomic E-state index is 11.9. The van der Waals surface area contributed by atoms with Crippen LogP contribution in [0.5, 0.6) is 0 Å². The van der Waals surface area contributed by atoms with E-state index in [-0.39, 0.29) is 17.8 Å². The van der Waals surface area contributed by atoms with Crippen molar-refractivity contribution in [2.24, 2.45) is 11.8 Å². The number of aryl methyl sites for hydroxylation is 2. The fourth-order valence-electron chi connectivity index (χ4n) is 1.69. The molecule has 1 atom stereocenters. The fourth-order valence-corrected chi connectivity index (χ4v) is 1.69. The van der Waals surface area contributed by atoms with Gasteiger partial charge in [0.1, 0.15) is 5.92 Å². The van der Waals surface area contributed by atoms with Crippen LogP contribution in [0.3, 0.4) is 0 Å². The molecule has 1 aromatic heterocycles. The van der Waals surface area contributed by atoms with E-state index in [9.17, 15) is 4.79 Å². The van der Waals surface area contributed by atoms with Crippen LogP contribution in [0.15, 0.2) is 0 Å². The molecule has 1 N–H and O–H groups in total. The molecule has 0 aliphatic heterocycles. The van der Waals surface area contributed by atoms with Gasteiger partial charge in [-0.2, -0.15) is 5.26 Å². The van der Waals surface area contributed by atoms with Gasteiger partial charge in [0, 0.05) is 0 Å². The molecule has 0 radical (unpaired) electrons. The average molecular weight is 261 g/mol. The van der Waals surface area contributed by atoms with Crippen molar-refractivity contribution in [2.45, 2.75) is 40.5 Å². The Morgan fingerprint density at radius 3 is 2.37 bits per heavy atom. The average Bonchev–Trinajstić information content (AvgIpc) is 2.38. The van der Waals surface area contributed by atoms with Crippen LogP contribution in [0, 0.1) is 23.2 Å². The van der Waals surface area contributed by atoms with Gasteiger partial charge in [-0.05, 0) is 18.8 Å². The van der Waals surface area contributed by atoms with Crippen molar-refractivity contribution in [3.05, 3.63) is 11.4 Å². The summed E-state index contributed by atoms with van der Waals surface area (Å²) in [5.41, 5.74) is 1.66. The van der Waals surface area contributed by atoms with Crippen LogP contribution in [-0.4, -0.2) is 21.1 Å². The van der Waals surface area contributed by atoms with Crippen LogP contribution in [0.1, 0.15) is 39.1 Å². The van der Waals surface area contributed by atoms with Crippen molar-refractivity contribution in [2.75, 3.05) is 5.32 Å². The molecule has 1 aromatic rings. The first kappa shape index (κ1) is 15.0. The van der Waals surface area contributed by atoms with Gasteiger partial charge < -0.3 is 0 Å². The highest BCUT2D eigenvalue weighted by molar-refractivity contribution is 5.92. The molecule has 0 aliphatic rings. The van der Waals surface area contributed by atoms with E-state index in [1.165, 1.54) is 0 Å². The maximum Gasteiger partial charge on any atom is 0.249 e. The first-order valence-corrected chi connectivity index (χ1v) is 6.46. The summed E-state index contributed by atoms with van der Waals surface area (Å²) >= 11 is 0. The molecule has 0 saturated heterocycles. The second kappa shape index (κ2) is 6.78. The van der Waals surface area contributed by atoms with Crippen molar-refractivity contribution >= 4 is 11.9 Å². The van der Waals surface area contributed by atoms with Gasteiger partial charge in [0.05, 0.1) is 17.5 Å². The predicted molar refractivity (Wildman–Crippen MR) is 71.2 cm³/mol. The van der Waals surface area contributed by atoms with E-state index in [4.69, 9.17) is 5.26 Å². The fraction of sp³-hybridized carbons (Fsp3) is 0.615. The van der Waals surface area contributed by atoms with E-state index in [0.717, 1.165) is 24.2 Å². The Balaban J connectivity index is 2.89. The van der Waals surface area contributed by atoms with Crippen molar-refractivity contribution in [1.82, 2.24) is 15.2 Å². The molecule has 0 saturated carbocycles. The minimum Gasteiger partial charge on any atom is -0.292 e. The summed E-state index contributed by atoms with van der Waals surface area (Å²) in [6.45, 7) is 7.60. The molecule has 1 rings (SSSR count). The zero-order chi connectivity index (χ0) is 14.4. The van der Waals surface area contributed by atoms with Gasteiger partial charge in [0.25, 0.3) is 0 Å². The summed E-state index contributed by atoms with van der Waals surface area (Å²) in [7, 11) is 0. The molecular weight excluding hydrogens is 242 g/mol. The van der Waals surface area contributed by atoms with Crippen LogP contribution < -0.4 is 5.32 Å². The molecule has 102 valence electrons. The monoisotopic (exact) mass is 261 g/mol. The van der Waals surface area contributed by atoms with Crippen LogP contribution >= 0.6 is 0 Å². The maximum atomic E-state index is 11.9. The van der Waals surface area contributed by atoms with E-state index >= 15 is 0 Å². The highest BCUT2D eigenvalue weighted by atomic mass is 16.2. The number of nitrogens with zero attached hydrogens (tertiary/aromatic N) is 4. The third-order valence-corrected chi connectivity index (χ3v) is 2.83. The molecular formula is C13H19N5O. The molecule has 0 aromatic carbocycles. The van der Waals surface area contributed by atoms with Crippen LogP contribution in [0.25, 0.3) is 0 Å². The van der Waals surface area contributed by atoms with Crippen LogP contribution in [0.2, 0.25) is 0 Å². The molecule has 6 heteroatoms. The first-order chi connectivity index (χ1) is 9.03. The number of rotatable bonds is 5. The highest BCUT2D eigenvalue weighted by Crippen LogP contribution is 2.13. The summed E-state index contributed by atoms with van der Waals surface area (Å²) in [4.78, 5) is 16.2. The Hall–Kier alpha value is -2.03. The van der Waals surface area contributed by atoms with E-state index in [0.29, 0.717) is 0 Å². The minimum atomic E-state index is -0.709. The molecule has 1 unspecified atom stereocenters. The molecule has 19 heavy (non-hydrogen) atoms. The Kier molecular flexibility index (Phi) is 5.37. The number of carbonyl (C=O) groups excluding carboxylic acids is 1. The number of anilines is 1. The molecule has 0 bridgehead atoms. The number of hydrogen-bond donors (Lipinski definition) is 1. The third kappa shape index (κ3) is 3.71. The predicted octanol–water partition coefficient (Wildman–Crippen LogP) is 1.73. The summed E-state index contributed by atoms with van der Waals surface area (Å²) in [6.07, 6.45) is 1.48. The molecule has 0 fully saturated rings. The Morgan fingerprint density at radius 1 is 1.26 bits per heavy atom. The molecule has 0 spiro atoms. The first-order valence-electron chi connectivity index (χ1n) is 6.46. The second-order valence-corrected chi connectivity index (χ2v) is 4.58. The zero-order valence-electron chi connectivity index (χ0n) is 11.8. The van der Waals surface area contributed by atoms with Crippen molar-refractivity contribution in [3.63, 3.8) is 0 Å². The van der Waals surface area contributed by atoms with Crippen molar-refractivity contribution in [3.8, 4) is 6.07 Å². The number of carbonyl (C=O) groups is 1. The summed E-state index contributed by atoms with van der Waals surface area (Å²) in [5.74, 6) is -0.983. The van der Waals surface area contributed by atoms with E-state index in [1.54, 1.807) is 0 Å². The SMILES string of the molecule is CCc1nnc(NC(=O)C(C#N)C(C)C)nc1CC. The summed E-state index contributed by atoms with van der Waals surface area (Å²) < 4.78 is 0. The largest absolute Gasteiger partial charge is 0.292 e. The lowest BCUT2D eigenvalue weighted by atomic mass is 9.97. The van der Waals surface area contributed by atoms with Crippen LogP contribution in [0.4, 0.5) is 5.95 Å². The lowest BCUT2D eigenvalue weighted by molar-refractivity contribution is -0.119.